The van der Waals surface area contributed by atoms with E-state index in [4.69, 9.17) is 0 Å². The second kappa shape index (κ2) is 5.63. The van der Waals surface area contributed by atoms with Gasteiger partial charge in [-0.15, -0.1) is 0 Å². The standard InChI is InChI=1S/C18H14BrFN2O2/c19-9-6-13(20)12-8-16(21-15(12)7-9)18(24)22-14-5-4-11-10(14)2-1-3-17(11)23/h1-3,6-8,14,21,23H,4-5H2,(H,22,24). The highest BCUT2D eigenvalue weighted by atomic mass is 79.9. The highest BCUT2D eigenvalue weighted by Crippen LogP contribution is 2.36. The molecule has 1 aliphatic carbocycles. The van der Waals surface area contributed by atoms with E-state index in [1.54, 1.807) is 18.2 Å². The third-order valence-electron chi connectivity index (χ3n) is 4.45. The van der Waals surface area contributed by atoms with Crippen molar-refractivity contribution in [2.24, 2.45) is 0 Å². The molecular weight excluding hydrogens is 375 g/mol. The second-order valence-electron chi connectivity index (χ2n) is 5.94. The summed E-state index contributed by atoms with van der Waals surface area (Å²) in [7, 11) is 0. The molecule has 122 valence electrons. The van der Waals surface area contributed by atoms with Crippen LogP contribution in [-0.2, 0) is 6.42 Å². The van der Waals surface area contributed by atoms with Crippen LogP contribution in [0.1, 0.15) is 34.1 Å². The number of carbonyl (C=O) groups is 1. The van der Waals surface area contributed by atoms with Crippen LogP contribution in [0.5, 0.6) is 5.75 Å². The minimum Gasteiger partial charge on any atom is -0.508 e. The fourth-order valence-corrected chi connectivity index (χ4v) is 3.73. The summed E-state index contributed by atoms with van der Waals surface area (Å²) in [6.07, 6.45) is 1.46. The molecule has 0 aliphatic heterocycles. The summed E-state index contributed by atoms with van der Waals surface area (Å²) in [6.45, 7) is 0. The molecule has 4 nitrogen and oxygen atoms in total. The average molecular weight is 389 g/mol. The Bertz CT molecular complexity index is 967. The molecule has 1 heterocycles. The molecule has 1 amide bonds. The number of hydrogen-bond acceptors (Lipinski definition) is 2. The second-order valence-corrected chi connectivity index (χ2v) is 6.86. The number of carbonyl (C=O) groups excluding carboxylic acids is 1. The first-order valence-corrected chi connectivity index (χ1v) is 8.41. The Morgan fingerprint density at radius 2 is 2.17 bits per heavy atom. The Balaban J connectivity index is 1.62. The van der Waals surface area contributed by atoms with Crippen molar-refractivity contribution in [2.75, 3.05) is 0 Å². The molecule has 24 heavy (non-hydrogen) atoms. The minimum absolute atomic E-state index is 0.150. The SMILES string of the molecule is O=C(NC1CCc2c(O)cccc21)c1cc2c(F)cc(Br)cc2[nH]1. The first-order chi connectivity index (χ1) is 11.5. The Hall–Kier alpha value is -2.34. The van der Waals surface area contributed by atoms with Crippen LogP contribution in [-0.4, -0.2) is 16.0 Å². The van der Waals surface area contributed by atoms with E-state index in [-0.39, 0.29) is 23.5 Å². The van der Waals surface area contributed by atoms with Gasteiger partial charge in [0.05, 0.1) is 11.6 Å². The monoisotopic (exact) mass is 388 g/mol. The van der Waals surface area contributed by atoms with E-state index in [2.05, 4.69) is 26.2 Å². The quantitative estimate of drug-likeness (QED) is 0.615. The predicted molar refractivity (Wildman–Crippen MR) is 92.6 cm³/mol. The number of benzene rings is 2. The highest BCUT2D eigenvalue weighted by molar-refractivity contribution is 9.10. The van der Waals surface area contributed by atoms with Crippen molar-refractivity contribution in [3.63, 3.8) is 0 Å². The summed E-state index contributed by atoms with van der Waals surface area (Å²) in [5, 5.41) is 13.2. The van der Waals surface area contributed by atoms with Gasteiger partial charge in [-0.05, 0) is 48.2 Å². The number of fused-ring (bicyclic) bond motifs is 2. The normalized spacial score (nSPS) is 16.3. The van der Waals surface area contributed by atoms with E-state index in [0.29, 0.717) is 21.1 Å². The molecule has 2 aromatic carbocycles. The van der Waals surface area contributed by atoms with Gasteiger partial charge in [-0.25, -0.2) is 4.39 Å². The predicted octanol–water partition coefficient (Wildman–Crippen LogP) is 4.19. The van der Waals surface area contributed by atoms with Gasteiger partial charge in [-0.1, -0.05) is 28.1 Å². The largest absolute Gasteiger partial charge is 0.508 e. The van der Waals surface area contributed by atoms with Crippen LogP contribution in [0.2, 0.25) is 0 Å². The van der Waals surface area contributed by atoms with Gasteiger partial charge in [0.15, 0.2) is 0 Å². The number of phenolic OH excluding ortho intramolecular Hbond substituents is 1. The molecule has 0 bridgehead atoms. The molecule has 0 fully saturated rings. The molecule has 0 saturated heterocycles. The van der Waals surface area contributed by atoms with Crippen LogP contribution in [0.4, 0.5) is 4.39 Å². The van der Waals surface area contributed by atoms with E-state index in [1.807, 2.05) is 6.07 Å². The van der Waals surface area contributed by atoms with Gasteiger partial charge in [0, 0.05) is 9.86 Å². The van der Waals surface area contributed by atoms with E-state index in [0.717, 1.165) is 24.0 Å². The maximum absolute atomic E-state index is 14.0. The van der Waals surface area contributed by atoms with E-state index >= 15 is 0 Å². The molecule has 1 atom stereocenters. The lowest BCUT2D eigenvalue weighted by molar-refractivity contribution is 0.0932. The number of amides is 1. The molecule has 4 rings (SSSR count). The van der Waals surface area contributed by atoms with Gasteiger partial charge in [-0.3, -0.25) is 4.79 Å². The smallest absolute Gasteiger partial charge is 0.268 e. The molecular formula is C18H14BrFN2O2. The summed E-state index contributed by atoms with van der Waals surface area (Å²) in [6, 6.07) is 9.81. The molecule has 0 radical (unpaired) electrons. The number of aromatic hydroxyl groups is 1. The summed E-state index contributed by atoms with van der Waals surface area (Å²) < 4.78 is 14.6. The zero-order valence-corrected chi connectivity index (χ0v) is 14.2. The van der Waals surface area contributed by atoms with Crippen LogP contribution in [0.25, 0.3) is 10.9 Å². The van der Waals surface area contributed by atoms with Crippen molar-refractivity contribution in [2.45, 2.75) is 18.9 Å². The van der Waals surface area contributed by atoms with Crippen molar-refractivity contribution >= 4 is 32.7 Å². The number of halogens is 2. The number of phenols is 1. The Morgan fingerprint density at radius 1 is 1.33 bits per heavy atom. The van der Waals surface area contributed by atoms with Gasteiger partial charge < -0.3 is 15.4 Å². The van der Waals surface area contributed by atoms with Crippen molar-refractivity contribution in [3.8, 4) is 5.75 Å². The lowest BCUT2D eigenvalue weighted by Gasteiger charge is -2.13. The van der Waals surface area contributed by atoms with Crippen LogP contribution >= 0.6 is 15.9 Å². The van der Waals surface area contributed by atoms with E-state index in [1.165, 1.54) is 12.1 Å². The van der Waals surface area contributed by atoms with Crippen LogP contribution in [0.15, 0.2) is 40.9 Å². The summed E-state index contributed by atoms with van der Waals surface area (Å²) in [5.74, 6) is -0.407. The number of H-pyrrole nitrogens is 1. The molecule has 3 N–H and O–H groups in total. The number of nitrogens with one attached hydrogen (secondary N) is 2. The fraction of sp³-hybridized carbons (Fsp3) is 0.167. The molecule has 1 unspecified atom stereocenters. The first kappa shape index (κ1) is 15.2. The van der Waals surface area contributed by atoms with Crippen molar-refractivity contribution < 1.29 is 14.3 Å². The molecule has 0 saturated carbocycles. The lowest BCUT2D eigenvalue weighted by atomic mass is 10.1. The maximum Gasteiger partial charge on any atom is 0.268 e. The zero-order valence-electron chi connectivity index (χ0n) is 12.6. The third kappa shape index (κ3) is 2.47. The van der Waals surface area contributed by atoms with Gasteiger partial charge in [0.25, 0.3) is 5.91 Å². The van der Waals surface area contributed by atoms with Gasteiger partial charge in [0.2, 0.25) is 0 Å². The molecule has 1 aromatic heterocycles. The summed E-state index contributed by atoms with van der Waals surface area (Å²) >= 11 is 3.24. The lowest BCUT2D eigenvalue weighted by Crippen LogP contribution is -2.27. The van der Waals surface area contributed by atoms with Crippen LogP contribution < -0.4 is 5.32 Å². The zero-order chi connectivity index (χ0) is 16.8. The van der Waals surface area contributed by atoms with E-state index in [9.17, 15) is 14.3 Å². The first-order valence-electron chi connectivity index (χ1n) is 7.62. The molecule has 6 heteroatoms. The van der Waals surface area contributed by atoms with Crippen molar-refractivity contribution in [3.05, 3.63) is 63.5 Å². The summed E-state index contributed by atoms with van der Waals surface area (Å²) in [4.78, 5) is 15.5. The average Bonchev–Trinajstić information content (AvgIpc) is 3.13. The maximum atomic E-state index is 14.0. The third-order valence-corrected chi connectivity index (χ3v) is 4.91. The minimum atomic E-state index is -0.384. The van der Waals surface area contributed by atoms with Crippen LogP contribution in [0, 0.1) is 5.82 Å². The summed E-state index contributed by atoms with van der Waals surface area (Å²) in [5.41, 5.74) is 2.70. The Labute approximate surface area is 145 Å². The van der Waals surface area contributed by atoms with Crippen molar-refractivity contribution in [1.82, 2.24) is 10.3 Å². The van der Waals surface area contributed by atoms with Crippen LogP contribution in [0.3, 0.4) is 0 Å². The fourth-order valence-electron chi connectivity index (χ4n) is 3.30. The number of rotatable bonds is 2. The van der Waals surface area contributed by atoms with Gasteiger partial charge >= 0.3 is 0 Å². The van der Waals surface area contributed by atoms with E-state index < -0.39 is 0 Å². The molecule has 0 spiro atoms. The topological polar surface area (TPSA) is 65.1 Å². The number of aromatic amines is 1. The molecule has 3 aromatic rings. The van der Waals surface area contributed by atoms with Crippen molar-refractivity contribution in [1.29, 1.82) is 0 Å². The number of aromatic nitrogens is 1. The molecule has 1 aliphatic rings. The number of hydrogen-bond donors (Lipinski definition) is 3. The van der Waals surface area contributed by atoms with Gasteiger partial charge in [0.1, 0.15) is 17.3 Å². The Morgan fingerprint density at radius 3 is 3.00 bits per heavy atom. The highest BCUT2D eigenvalue weighted by Gasteiger charge is 2.26. The Kier molecular flexibility index (Phi) is 3.57. The van der Waals surface area contributed by atoms with Gasteiger partial charge in [-0.2, -0.15) is 0 Å².